The van der Waals surface area contributed by atoms with Crippen LogP contribution in [0.5, 0.6) is 0 Å². The van der Waals surface area contributed by atoms with Crippen molar-refractivity contribution in [3.63, 3.8) is 0 Å². The fraction of sp³-hybridized carbons (Fsp3) is 0.917. The smallest absolute Gasteiger partial charge is 0.220 e. The zero-order valence-corrected chi connectivity index (χ0v) is 9.89. The summed E-state index contributed by atoms with van der Waals surface area (Å²) in [4.78, 5) is 11.1. The van der Waals surface area contributed by atoms with Gasteiger partial charge < -0.3 is 5.32 Å². The van der Waals surface area contributed by atoms with Crippen LogP contribution in [-0.4, -0.2) is 12.5 Å². The summed E-state index contributed by atoms with van der Waals surface area (Å²) in [5.41, 5.74) is 0.343. The highest BCUT2D eigenvalue weighted by Gasteiger charge is 2.46. The Hall–Kier alpha value is -0.530. The molecule has 1 spiro atoms. The van der Waals surface area contributed by atoms with Crippen LogP contribution in [0.2, 0.25) is 0 Å². The Morgan fingerprint density at radius 2 is 1.71 bits per heavy atom. The van der Waals surface area contributed by atoms with Gasteiger partial charge in [-0.15, -0.1) is 0 Å². The highest BCUT2D eigenvalue weighted by molar-refractivity contribution is 5.79. The van der Waals surface area contributed by atoms with E-state index in [-0.39, 0.29) is 5.91 Å². The first-order chi connectivity index (χ1) is 6.61. The minimum Gasteiger partial charge on any atom is -0.356 e. The molecule has 0 aromatic carbocycles. The number of nitrogens with one attached hydrogen (secondary N) is 1. The molecule has 1 aliphatic carbocycles. The van der Waals surface area contributed by atoms with Crippen molar-refractivity contribution in [3.8, 4) is 0 Å². The van der Waals surface area contributed by atoms with E-state index in [9.17, 15) is 4.79 Å². The van der Waals surface area contributed by atoms with E-state index < -0.39 is 0 Å². The quantitative estimate of drug-likeness (QED) is 0.635. The van der Waals surface area contributed by atoms with Gasteiger partial charge in [-0.05, 0) is 30.1 Å². The van der Waals surface area contributed by atoms with Gasteiger partial charge in [0.1, 0.15) is 0 Å². The minimum atomic E-state index is 0.260. The van der Waals surface area contributed by atoms with Gasteiger partial charge in [0.2, 0.25) is 5.91 Å². The maximum Gasteiger partial charge on any atom is 0.220 e. The zero-order valence-electron chi connectivity index (χ0n) is 9.89. The molecule has 82 valence electrons. The predicted octanol–water partition coefficient (Wildman–Crippen LogP) is 2.58. The molecule has 1 saturated carbocycles. The van der Waals surface area contributed by atoms with E-state index in [2.05, 4.69) is 19.2 Å². The first-order valence-corrected chi connectivity index (χ1v) is 5.88. The fourth-order valence-electron chi connectivity index (χ4n) is 2.89. The molecular weight excluding hydrogens is 174 g/mol. The molecule has 2 heteroatoms. The van der Waals surface area contributed by atoms with Crippen molar-refractivity contribution < 1.29 is 4.79 Å². The Morgan fingerprint density at radius 3 is 2.07 bits per heavy atom. The van der Waals surface area contributed by atoms with Crippen molar-refractivity contribution >= 4 is 5.91 Å². The van der Waals surface area contributed by atoms with Gasteiger partial charge in [0.25, 0.3) is 0 Å². The molecule has 2 rings (SSSR count). The van der Waals surface area contributed by atoms with Crippen LogP contribution < -0.4 is 5.32 Å². The molecule has 1 amide bonds. The lowest BCUT2D eigenvalue weighted by Gasteiger charge is -2.19. The van der Waals surface area contributed by atoms with E-state index in [1.807, 2.05) is 13.8 Å². The third-order valence-corrected chi connectivity index (χ3v) is 3.68. The second-order valence-electron chi connectivity index (χ2n) is 4.82. The topological polar surface area (TPSA) is 29.1 Å². The molecule has 1 heterocycles. The Kier molecular flexibility index (Phi) is 3.57. The van der Waals surface area contributed by atoms with E-state index >= 15 is 0 Å². The maximum absolute atomic E-state index is 11.1. The highest BCUT2D eigenvalue weighted by Crippen LogP contribution is 2.48. The van der Waals surface area contributed by atoms with Crippen molar-refractivity contribution in [2.45, 2.75) is 47.0 Å². The number of hydrogen-bond acceptors (Lipinski definition) is 1. The Balaban J connectivity index is 0.000000461. The van der Waals surface area contributed by atoms with Gasteiger partial charge in [0.15, 0.2) is 0 Å². The largest absolute Gasteiger partial charge is 0.356 e. The molecule has 2 nitrogen and oxygen atoms in total. The average Bonchev–Trinajstić information content (AvgIpc) is 2.62. The Bertz CT molecular complexity index is 202. The number of carbonyl (C=O) groups is 1. The highest BCUT2D eigenvalue weighted by atomic mass is 16.1. The first-order valence-electron chi connectivity index (χ1n) is 5.88. The summed E-state index contributed by atoms with van der Waals surface area (Å²) >= 11 is 0. The lowest BCUT2D eigenvalue weighted by molar-refractivity contribution is -0.119. The summed E-state index contributed by atoms with van der Waals surface area (Å²) in [5.74, 6) is 1.87. The lowest BCUT2D eigenvalue weighted by atomic mass is 9.84. The van der Waals surface area contributed by atoms with Gasteiger partial charge >= 0.3 is 0 Å². The average molecular weight is 197 g/mol. The molecule has 1 N–H and O–H groups in total. The summed E-state index contributed by atoms with van der Waals surface area (Å²) in [6, 6.07) is 0. The van der Waals surface area contributed by atoms with E-state index in [1.54, 1.807) is 0 Å². The van der Waals surface area contributed by atoms with Gasteiger partial charge in [-0.1, -0.05) is 27.7 Å². The first kappa shape index (κ1) is 11.5. The Morgan fingerprint density at radius 1 is 1.21 bits per heavy atom. The van der Waals surface area contributed by atoms with Gasteiger partial charge in [-0.2, -0.15) is 0 Å². The van der Waals surface area contributed by atoms with Crippen LogP contribution in [0.25, 0.3) is 0 Å². The number of amides is 1. The van der Waals surface area contributed by atoms with Crippen molar-refractivity contribution in [2.24, 2.45) is 17.3 Å². The van der Waals surface area contributed by atoms with Crippen LogP contribution in [-0.2, 0) is 4.79 Å². The molecule has 0 bridgehead atoms. The summed E-state index contributed by atoms with van der Waals surface area (Å²) < 4.78 is 0. The summed E-state index contributed by atoms with van der Waals surface area (Å²) in [5, 5.41) is 2.95. The van der Waals surface area contributed by atoms with Crippen LogP contribution in [0.3, 0.4) is 0 Å². The molecular formula is C12H23NO. The molecule has 14 heavy (non-hydrogen) atoms. The van der Waals surface area contributed by atoms with E-state index in [4.69, 9.17) is 0 Å². The third kappa shape index (κ3) is 2.10. The van der Waals surface area contributed by atoms with Gasteiger partial charge in [0.05, 0.1) is 0 Å². The SMILES string of the molecule is CC.CC1CC2(CNC(=O)C2)C[C@H]1C. The van der Waals surface area contributed by atoms with E-state index in [0.717, 1.165) is 24.8 Å². The lowest BCUT2D eigenvalue weighted by Crippen LogP contribution is -2.20. The number of rotatable bonds is 0. The third-order valence-electron chi connectivity index (χ3n) is 3.68. The van der Waals surface area contributed by atoms with Gasteiger partial charge in [-0.25, -0.2) is 0 Å². The molecule has 1 saturated heterocycles. The molecule has 3 atom stereocenters. The van der Waals surface area contributed by atoms with Crippen LogP contribution in [0.15, 0.2) is 0 Å². The zero-order chi connectivity index (χ0) is 10.8. The van der Waals surface area contributed by atoms with Crippen LogP contribution in [0.4, 0.5) is 0 Å². The summed E-state index contributed by atoms with van der Waals surface area (Å²) in [6.07, 6.45) is 3.27. The summed E-state index contributed by atoms with van der Waals surface area (Å²) in [7, 11) is 0. The molecule has 2 fully saturated rings. The van der Waals surface area contributed by atoms with Crippen molar-refractivity contribution in [2.75, 3.05) is 6.54 Å². The molecule has 2 aliphatic rings. The van der Waals surface area contributed by atoms with Crippen molar-refractivity contribution in [3.05, 3.63) is 0 Å². The second kappa shape index (κ2) is 4.33. The fourth-order valence-corrected chi connectivity index (χ4v) is 2.89. The molecule has 0 aromatic heterocycles. The van der Waals surface area contributed by atoms with Crippen LogP contribution in [0.1, 0.15) is 47.0 Å². The van der Waals surface area contributed by atoms with E-state index in [0.29, 0.717) is 5.41 Å². The molecule has 2 unspecified atom stereocenters. The summed E-state index contributed by atoms with van der Waals surface area (Å²) in [6.45, 7) is 9.55. The minimum absolute atomic E-state index is 0.260. The predicted molar refractivity (Wildman–Crippen MR) is 59.0 cm³/mol. The van der Waals surface area contributed by atoms with Gasteiger partial charge in [0, 0.05) is 13.0 Å². The van der Waals surface area contributed by atoms with Gasteiger partial charge in [-0.3, -0.25) is 4.79 Å². The van der Waals surface area contributed by atoms with Crippen molar-refractivity contribution in [1.29, 1.82) is 0 Å². The second-order valence-corrected chi connectivity index (χ2v) is 4.82. The molecule has 1 aliphatic heterocycles. The Labute approximate surface area is 87.5 Å². The van der Waals surface area contributed by atoms with Crippen molar-refractivity contribution in [1.82, 2.24) is 5.32 Å². The van der Waals surface area contributed by atoms with Crippen LogP contribution >= 0.6 is 0 Å². The van der Waals surface area contributed by atoms with E-state index in [1.165, 1.54) is 12.8 Å². The number of carbonyl (C=O) groups excluding carboxylic acids is 1. The maximum atomic E-state index is 11.1. The molecule has 0 aromatic rings. The molecule has 0 radical (unpaired) electrons. The normalized spacial score (nSPS) is 40.7. The standard InChI is InChI=1S/C10H17NO.C2H6/c1-7-3-10(4-8(7)2)5-9(12)11-6-10;1-2/h7-8H,3-6H2,1-2H3,(H,11,12);1-2H3/t7-,8?,10?;/m1./s1. The number of hydrogen-bond donors (Lipinski definition) is 1. The monoisotopic (exact) mass is 197 g/mol. The van der Waals surface area contributed by atoms with Crippen LogP contribution in [0, 0.1) is 17.3 Å².